The molecule has 0 radical (unpaired) electrons. The lowest BCUT2D eigenvalue weighted by Gasteiger charge is -2.14. The summed E-state index contributed by atoms with van der Waals surface area (Å²) in [6, 6.07) is 3.44. The third kappa shape index (κ3) is 3.49. The van der Waals surface area contributed by atoms with E-state index in [2.05, 4.69) is 10.0 Å². The molecule has 0 aliphatic rings. The van der Waals surface area contributed by atoms with Gasteiger partial charge in [0.05, 0.1) is 0 Å². The van der Waals surface area contributed by atoms with Crippen molar-refractivity contribution in [2.45, 2.75) is 10.1 Å². The van der Waals surface area contributed by atoms with E-state index in [0.717, 1.165) is 0 Å². The summed E-state index contributed by atoms with van der Waals surface area (Å²) in [4.78, 5) is 2.64. The Morgan fingerprint density at radius 1 is 1.53 bits per heavy atom. The first-order valence-corrected chi connectivity index (χ1v) is 5.57. The minimum Gasteiger partial charge on any atom is -0.323 e. The van der Waals surface area contributed by atoms with E-state index in [-0.39, 0.29) is 5.02 Å². The zero-order valence-corrected chi connectivity index (χ0v) is 10.4. The molecule has 80 valence electrons. The fourth-order valence-corrected chi connectivity index (χ4v) is 1.80. The summed E-state index contributed by atoms with van der Waals surface area (Å²) in [6.45, 7) is 0. The number of hydrogen-bond donors (Lipinski definition) is 1. The molecule has 0 spiro atoms. The van der Waals surface area contributed by atoms with Crippen molar-refractivity contribution in [1.82, 2.24) is 0 Å². The molecule has 0 heterocycles. The third-order valence-electron chi connectivity index (χ3n) is 1.73. The molecule has 0 fully saturated rings. The predicted octanol–water partition coefficient (Wildman–Crippen LogP) is 3.55. The molecule has 1 rings (SSSR count). The summed E-state index contributed by atoms with van der Waals surface area (Å²) in [5.74, 6) is -0.461. The van der Waals surface area contributed by atoms with Crippen molar-refractivity contribution in [3.8, 4) is 0 Å². The van der Waals surface area contributed by atoms with Gasteiger partial charge in [-0.15, -0.1) is 0 Å². The van der Waals surface area contributed by atoms with Crippen LogP contribution < -0.4 is 5.73 Å². The van der Waals surface area contributed by atoms with E-state index >= 15 is 0 Å². The van der Waals surface area contributed by atoms with Crippen molar-refractivity contribution in [1.29, 1.82) is 0 Å². The fraction of sp³-hybridized carbons (Fsp3) is 0.250. The summed E-state index contributed by atoms with van der Waals surface area (Å²) >= 11 is 7.56. The van der Waals surface area contributed by atoms with Gasteiger partial charge in [0.2, 0.25) is 0 Å². The smallest absolute Gasteiger partial charge is 0.125 e. The average Bonchev–Trinajstić information content (AvgIpc) is 2.15. The fourth-order valence-electron chi connectivity index (χ4n) is 1.05. The molecule has 0 bridgehead atoms. The summed E-state index contributed by atoms with van der Waals surface area (Å²) < 4.78 is 12.5. The number of nitrogens with zero attached hydrogens (tertiary/aromatic N) is 3. The minimum absolute atomic E-state index is 0.269. The van der Waals surface area contributed by atoms with E-state index in [1.165, 1.54) is 12.1 Å². The Balaban J connectivity index is 2.99. The maximum atomic E-state index is 13.0. The van der Waals surface area contributed by atoms with Gasteiger partial charge in [-0.25, -0.2) is 4.39 Å². The molecule has 2 atom stereocenters. The van der Waals surface area contributed by atoms with Crippen LogP contribution in [0.1, 0.15) is 11.6 Å². The van der Waals surface area contributed by atoms with Crippen LogP contribution >= 0.6 is 34.2 Å². The van der Waals surface area contributed by atoms with Gasteiger partial charge in [0.1, 0.15) is 9.87 Å². The number of azide groups is 1. The molecule has 0 aliphatic heterocycles. The molecule has 2 N–H and O–H groups in total. The molecule has 0 amide bonds. The van der Waals surface area contributed by atoms with Crippen LogP contribution in [-0.4, -0.2) is 4.05 Å². The lowest BCUT2D eigenvalue weighted by molar-refractivity contribution is 0.618. The monoisotopic (exact) mass is 340 g/mol. The molecule has 7 heteroatoms. The third-order valence-corrected chi connectivity index (χ3v) is 2.97. The van der Waals surface area contributed by atoms with Gasteiger partial charge in [-0.3, -0.25) is 0 Å². The van der Waals surface area contributed by atoms with Crippen molar-refractivity contribution in [2.24, 2.45) is 10.8 Å². The Kier molecular flexibility index (Phi) is 4.59. The normalized spacial score (nSPS) is 14.1. The predicted molar refractivity (Wildman–Crippen MR) is 65.3 cm³/mol. The van der Waals surface area contributed by atoms with Gasteiger partial charge in [0.25, 0.3) is 0 Å². The molecule has 0 aromatic heterocycles. The highest BCUT2D eigenvalue weighted by atomic mass is 127. The average molecular weight is 341 g/mol. The van der Waals surface area contributed by atoms with Gasteiger partial charge in [-0.1, -0.05) is 39.3 Å². The molecule has 0 saturated heterocycles. The SMILES string of the molecule is [N-]=[N+]=N[C@@H](I)[C@@H](N)c1cc(F)cc(Cl)c1. The number of hydrogen-bond acceptors (Lipinski definition) is 2. The molecule has 0 aliphatic carbocycles. The summed E-state index contributed by atoms with van der Waals surface area (Å²) in [6.07, 6.45) is 0. The van der Waals surface area contributed by atoms with Crippen molar-refractivity contribution in [3.05, 3.63) is 45.0 Å². The highest BCUT2D eigenvalue weighted by Gasteiger charge is 2.16. The first kappa shape index (κ1) is 12.5. The van der Waals surface area contributed by atoms with Crippen LogP contribution in [0.2, 0.25) is 5.02 Å². The van der Waals surface area contributed by atoms with Gasteiger partial charge >= 0.3 is 0 Å². The lowest BCUT2D eigenvalue weighted by atomic mass is 10.1. The highest BCUT2D eigenvalue weighted by molar-refractivity contribution is 14.1. The van der Waals surface area contributed by atoms with Crippen molar-refractivity contribution >= 4 is 34.2 Å². The maximum Gasteiger partial charge on any atom is 0.125 e. The number of alkyl halides is 1. The zero-order chi connectivity index (χ0) is 11.4. The Labute approximate surface area is 104 Å². The van der Waals surface area contributed by atoms with Crippen LogP contribution in [-0.2, 0) is 0 Å². The Morgan fingerprint density at radius 2 is 2.20 bits per heavy atom. The van der Waals surface area contributed by atoms with Gasteiger partial charge in [-0.2, -0.15) is 0 Å². The standard InChI is InChI=1S/C8H7ClFIN4/c9-5-1-4(2-6(10)3-5)7(12)8(11)14-15-13/h1-3,7-8H,12H2/t7-,8+/m0/s1. The molecule has 1 aromatic carbocycles. The molecular formula is C8H7ClFIN4. The minimum atomic E-state index is -0.574. The van der Waals surface area contributed by atoms with Gasteiger partial charge < -0.3 is 5.73 Å². The molecule has 0 saturated carbocycles. The maximum absolute atomic E-state index is 13.0. The number of rotatable bonds is 3. The van der Waals surface area contributed by atoms with Crippen LogP contribution in [0.25, 0.3) is 10.4 Å². The van der Waals surface area contributed by atoms with Gasteiger partial charge in [0.15, 0.2) is 0 Å². The van der Waals surface area contributed by atoms with Crippen LogP contribution in [0.5, 0.6) is 0 Å². The molecule has 0 unspecified atom stereocenters. The first-order valence-electron chi connectivity index (χ1n) is 3.94. The Morgan fingerprint density at radius 3 is 2.73 bits per heavy atom. The number of halogens is 3. The van der Waals surface area contributed by atoms with E-state index < -0.39 is 15.9 Å². The molecular weight excluding hydrogens is 333 g/mol. The van der Waals surface area contributed by atoms with E-state index in [0.29, 0.717) is 5.56 Å². The quantitative estimate of drug-likeness (QED) is 0.224. The molecule has 15 heavy (non-hydrogen) atoms. The second-order valence-electron chi connectivity index (χ2n) is 2.81. The largest absolute Gasteiger partial charge is 0.323 e. The van der Waals surface area contributed by atoms with E-state index in [4.69, 9.17) is 22.9 Å². The van der Waals surface area contributed by atoms with Crippen molar-refractivity contribution < 1.29 is 4.39 Å². The zero-order valence-electron chi connectivity index (χ0n) is 7.44. The van der Waals surface area contributed by atoms with Crippen LogP contribution in [0, 0.1) is 5.82 Å². The molecule has 1 aromatic rings. The highest BCUT2D eigenvalue weighted by Crippen LogP contribution is 2.25. The van der Waals surface area contributed by atoms with Crippen molar-refractivity contribution in [3.63, 3.8) is 0 Å². The Hall–Kier alpha value is -0.560. The Bertz CT molecular complexity index is 387. The lowest BCUT2D eigenvalue weighted by Crippen LogP contribution is -2.19. The second-order valence-corrected chi connectivity index (χ2v) is 4.52. The van der Waals surface area contributed by atoms with Crippen LogP contribution in [0.4, 0.5) is 4.39 Å². The number of nitrogens with two attached hydrogens (primary N) is 1. The summed E-state index contributed by atoms with van der Waals surface area (Å²) in [5, 5.41) is 3.71. The van der Waals surface area contributed by atoms with Gasteiger partial charge in [0, 0.05) is 16.0 Å². The summed E-state index contributed by atoms with van der Waals surface area (Å²) in [7, 11) is 0. The van der Waals surface area contributed by atoms with Crippen LogP contribution in [0.3, 0.4) is 0 Å². The summed E-state index contributed by atoms with van der Waals surface area (Å²) in [5.41, 5.74) is 14.5. The number of benzene rings is 1. The second kappa shape index (κ2) is 5.50. The van der Waals surface area contributed by atoms with Crippen molar-refractivity contribution in [2.75, 3.05) is 0 Å². The van der Waals surface area contributed by atoms with E-state index in [1.54, 1.807) is 6.07 Å². The topological polar surface area (TPSA) is 74.8 Å². The van der Waals surface area contributed by atoms with Crippen LogP contribution in [0.15, 0.2) is 23.3 Å². The van der Waals surface area contributed by atoms with E-state index in [1.807, 2.05) is 22.6 Å². The molecule has 4 nitrogen and oxygen atoms in total. The van der Waals surface area contributed by atoms with Gasteiger partial charge in [-0.05, 0) is 29.3 Å². The van der Waals surface area contributed by atoms with E-state index in [9.17, 15) is 4.39 Å². The first-order chi connectivity index (χ1) is 7.04.